The topological polar surface area (TPSA) is 25.8 Å². The van der Waals surface area contributed by atoms with Gasteiger partial charge in [0, 0.05) is 0 Å². The van der Waals surface area contributed by atoms with Gasteiger partial charge in [-0.05, 0) is 6.07 Å². The fourth-order valence-electron chi connectivity index (χ4n) is 1.21. The van der Waals surface area contributed by atoms with Crippen molar-refractivity contribution in [1.29, 1.82) is 0 Å². The van der Waals surface area contributed by atoms with E-state index in [-0.39, 0.29) is 11.0 Å². The molecule has 2 nitrogen and oxygen atoms in total. The molecule has 0 saturated heterocycles. The highest BCUT2D eigenvalue weighted by Crippen LogP contribution is 2.13. The lowest BCUT2D eigenvalue weighted by molar-refractivity contribution is 0.501. The third kappa shape index (κ3) is 1.90. The average Bonchev–Trinajstić information content (AvgIpc) is 2.15. The maximum Gasteiger partial charge on any atom is 0.509 e. The molecule has 0 N–H and O–H groups in total. The lowest BCUT2D eigenvalue weighted by Gasteiger charge is -2.14. The van der Waals surface area contributed by atoms with E-state index in [2.05, 4.69) is 9.97 Å². The number of benzene rings is 1. The van der Waals surface area contributed by atoms with Crippen LogP contribution in [0.4, 0.5) is 17.3 Å². The number of hydrogen-bond acceptors (Lipinski definition) is 2. The van der Waals surface area contributed by atoms with Gasteiger partial charge in [0.25, 0.3) is 0 Å². The summed E-state index contributed by atoms with van der Waals surface area (Å²) < 4.78 is 49.6. The Morgan fingerprint density at radius 2 is 1.80 bits per heavy atom. The molecule has 0 aliphatic rings. The van der Waals surface area contributed by atoms with Gasteiger partial charge in [-0.1, -0.05) is 12.1 Å². The first kappa shape index (κ1) is 9.88. The van der Waals surface area contributed by atoms with Gasteiger partial charge in [0.05, 0.1) is 17.2 Å². The van der Waals surface area contributed by atoms with E-state index < -0.39 is 18.4 Å². The summed E-state index contributed by atoms with van der Waals surface area (Å²) in [6.07, 6.45) is 0.862. The van der Waals surface area contributed by atoms with Crippen LogP contribution < -0.4 is 5.46 Å². The highest BCUT2D eigenvalue weighted by molar-refractivity contribution is 6.73. The van der Waals surface area contributed by atoms with Crippen LogP contribution in [0.1, 0.15) is 0 Å². The van der Waals surface area contributed by atoms with Gasteiger partial charge in [0.2, 0.25) is 5.95 Å². The molecule has 0 spiro atoms. The van der Waals surface area contributed by atoms with Gasteiger partial charge < -0.3 is 12.9 Å². The lowest BCUT2D eigenvalue weighted by Crippen LogP contribution is -2.33. The molecular weight excluding hydrogens is 211 g/mol. The van der Waals surface area contributed by atoms with Gasteiger partial charge in [-0.2, -0.15) is 4.39 Å². The molecule has 0 saturated carbocycles. The lowest BCUT2D eigenvalue weighted by atomic mass is 9.80. The minimum Gasteiger partial charge on any atom is -0.445 e. The minimum atomic E-state index is -5.09. The Bertz CT molecular complexity index is 511. The monoisotopic (exact) mass is 215 g/mol. The van der Waals surface area contributed by atoms with Crippen molar-refractivity contribution in [1.82, 2.24) is 9.97 Å². The summed E-state index contributed by atoms with van der Waals surface area (Å²) in [5.74, 6) is -0.894. The van der Waals surface area contributed by atoms with Crippen LogP contribution in [0, 0.1) is 5.95 Å². The van der Waals surface area contributed by atoms with Gasteiger partial charge in [-0.3, -0.25) is 0 Å². The number of fused-ring (bicyclic) bond motifs is 1. The van der Waals surface area contributed by atoms with Crippen molar-refractivity contribution in [3.05, 3.63) is 30.3 Å². The first-order valence-corrected chi connectivity index (χ1v) is 4.09. The highest BCUT2D eigenvalue weighted by Gasteiger charge is 2.25. The van der Waals surface area contributed by atoms with Crippen molar-refractivity contribution < 1.29 is 17.3 Å². The number of nitrogens with zero attached hydrogens (tertiary/aromatic N) is 2. The summed E-state index contributed by atoms with van der Waals surface area (Å²) in [6.45, 7) is -5.09. The van der Waals surface area contributed by atoms with E-state index in [4.69, 9.17) is 0 Å². The number of hydrogen-bond donors (Lipinski definition) is 0. The fourth-order valence-corrected chi connectivity index (χ4v) is 1.21. The molecule has 7 heteroatoms. The Hall–Kier alpha value is -1.66. The van der Waals surface area contributed by atoms with E-state index in [9.17, 15) is 17.3 Å². The predicted molar refractivity (Wildman–Crippen MR) is 48.2 cm³/mol. The normalized spacial score (nSPS) is 12.0. The Labute approximate surface area is 82.0 Å². The van der Waals surface area contributed by atoms with Crippen LogP contribution in [-0.2, 0) is 0 Å². The molecule has 1 aromatic heterocycles. The molecule has 2 aromatic rings. The first-order valence-electron chi connectivity index (χ1n) is 4.09. The standard InChI is InChI=1S/C8H4BF4N2/c10-8-4-14-6-2-1-5(9(11,12)13)3-7(6)15-8/h1-4H/q-1. The van der Waals surface area contributed by atoms with Crippen LogP contribution in [0.3, 0.4) is 0 Å². The third-order valence-electron chi connectivity index (χ3n) is 1.91. The van der Waals surface area contributed by atoms with E-state index in [1.54, 1.807) is 0 Å². The number of aromatic nitrogens is 2. The predicted octanol–water partition coefficient (Wildman–Crippen LogP) is 1.82. The SMILES string of the molecule is Fc1cnc2ccc([B-](F)(F)F)cc2n1. The number of halogens is 4. The highest BCUT2D eigenvalue weighted by atomic mass is 19.4. The van der Waals surface area contributed by atoms with E-state index in [1.165, 1.54) is 6.07 Å². The van der Waals surface area contributed by atoms with Crippen LogP contribution in [0.5, 0.6) is 0 Å². The Morgan fingerprint density at radius 3 is 2.47 bits per heavy atom. The third-order valence-corrected chi connectivity index (χ3v) is 1.91. The van der Waals surface area contributed by atoms with E-state index in [0.29, 0.717) is 0 Å². The van der Waals surface area contributed by atoms with Crippen LogP contribution in [0.15, 0.2) is 24.4 Å². The zero-order valence-corrected chi connectivity index (χ0v) is 7.29. The zero-order valence-electron chi connectivity index (χ0n) is 7.29. The van der Waals surface area contributed by atoms with Crippen molar-refractivity contribution in [2.45, 2.75) is 0 Å². The molecule has 15 heavy (non-hydrogen) atoms. The summed E-state index contributed by atoms with van der Waals surface area (Å²) >= 11 is 0. The van der Waals surface area contributed by atoms with Crippen molar-refractivity contribution in [3.63, 3.8) is 0 Å². The second-order valence-corrected chi connectivity index (χ2v) is 3.02. The summed E-state index contributed by atoms with van der Waals surface area (Å²) in [6, 6.07) is 2.88. The smallest absolute Gasteiger partial charge is 0.445 e. The summed E-state index contributed by atoms with van der Waals surface area (Å²) in [5, 5.41) is 0. The quantitative estimate of drug-likeness (QED) is 0.535. The van der Waals surface area contributed by atoms with Gasteiger partial charge in [-0.25, -0.2) is 9.97 Å². The molecule has 2 rings (SSSR count). The zero-order chi connectivity index (χ0) is 11.1. The molecular formula is C8H4BF4N2-. The second kappa shape index (κ2) is 3.18. The van der Waals surface area contributed by atoms with Gasteiger partial charge in [-0.15, -0.1) is 5.46 Å². The fraction of sp³-hybridized carbons (Fsp3) is 0. The average molecular weight is 215 g/mol. The van der Waals surface area contributed by atoms with Crippen LogP contribution >= 0.6 is 0 Å². The van der Waals surface area contributed by atoms with Gasteiger partial charge in [0.1, 0.15) is 0 Å². The molecule has 0 atom stereocenters. The van der Waals surface area contributed by atoms with E-state index in [1.807, 2.05) is 0 Å². The van der Waals surface area contributed by atoms with Crippen LogP contribution in [0.2, 0.25) is 0 Å². The molecule has 1 heterocycles. The Balaban J connectivity index is 2.64. The molecule has 1 aromatic carbocycles. The molecule has 0 unspecified atom stereocenters. The minimum absolute atomic E-state index is 0.0910. The summed E-state index contributed by atoms with van der Waals surface area (Å²) in [4.78, 5) is 6.94. The number of rotatable bonds is 1. The molecule has 0 aliphatic carbocycles. The van der Waals surface area contributed by atoms with E-state index >= 15 is 0 Å². The van der Waals surface area contributed by atoms with Crippen molar-refractivity contribution in [2.24, 2.45) is 0 Å². The molecule has 0 amide bonds. The molecule has 0 aliphatic heterocycles. The maximum absolute atomic E-state index is 12.6. The largest absolute Gasteiger partial charge is 0.509 e. The summed E-state index contributed by atoms with van der Waals surface area (Å²) in [5.41, 5.74) is -0.658. The maximum atomic E-state index is 12.6. The van der Waals surface area contributed by atoms with Gasteiger partial charge in [0.15, 0.2) is 0 Å². The molecule has 78 valence electrons. The van der Waals surface area contributed by atoms with Crippen molar-refractivity contribution in [3.8, 4) is 0 Å². The van der Waals surface area contributed by atoms with Crippen LogP contribution in [0.25, 0.3) is 11.0 Å². The van der Waals surface area contributed by atoms with Gasteiger partial charge >= 0.3 is 6.98 Å². The Morgan fingerprint density at radius 1 is 1.07 bits per heavy atom. The summed E-state index contributed by atoms with van der Waals surface area (Å²) in [7, 11) is 0. The Kier molecular flexibility index (Phi) is 2.10. The second-order valence-electron chi connectivity index (χ2n) is 3.02. The molecule has 0 fully saturated rings. The van der Waals surface area contributed by atoms with Crippen molar-refractivity contribution in [2.75, 3.05) is 0 Å². The van der Waals surface area contributed by atoms with Crippen LogP contribution in [-0.4, -0.2) is 16.9 Å². The van der Waals surface area contributed by atoms with E-state index in [0.717, 1.165) is 18.3 Å². The first-order chi connectivity index (χ1) is 6.97. The molecule has 0 bridgehead atoms. The van der Waals surface area contributed by atoms with Crippen molar-refractivity contribution >= 4 is 23.5 Å². The molecule has 0 radical (unpaired) electrons.